The van der Waals surface area contributed by atoms with Crippen molar-refractivity contribution in [3.63, 3.8) is 0 Å². The number of carbonyl (C=O) groups is 3. The Kier molecular flexibility index (Phi) is 6.57. The van der Waals surface area contributed by atoms with E-state index in [9.17, 15) is 14.4 Å². The van der Waals surface area contributed by atoms with Crippen molar-refractivity contribution in [3.05, 3.63) is 59.7 Å². The smallest absolute Gasteiger partial charge is 0.325 e. The van der Waals surface area contributed by atoms with E-state index in [-0.39, 0.29) is 18.6 Å². The molecule has 2 fully saturated rings. The molecule has 2 aromatic rings. The van der Waals surface area contributed by atoms with Gasteiger partial charge in [-0.1, -0.05) is 30.3 Å². The van der Waals surface area contributed by atoms with Crippen molar-refractivity contribution in [2.75, 3.05) is 45.3 Å². The number of nitrogens with zero attached hydrogens (tertiary/aromatic N) is 3. The minimum atomic E-state index is -1.20. The van der Waals surface area contributed by atoms with Crippen molar-refractivity contribution in [1.82, 2.24) is 15.1 Å². The number of ether oxygens (including phenoxy) is 2. The molecule has 4 amide bonds. The standard InChI is InChI=1S/C27H32N4O5/c1-29(2)20-11-9-19(10-12-20)16-30(17-21-6-5-14-35-21)24(32)18-31-25(33)27(28-26(31)34)13-15-36-23-8-4-3-7-22(23)27/h3-4,7-12,21H,5-6,13-18H2,1-2H3,(H,28,34). The van der Waals surface area contributed by atoms with Gasteiger partial charge in [0, 0.05) is 51.5 Å². The number of amides is 4. The molecule has 3 aliphatic heterocycles. The lowest BCUT2D eigenvalue weighted by molar-refractivity contribution is -0.140. The Hall–Kier alpha value is -3.59. The molecule has 9 nitrogen and oxygen atoms in total. The Morgan fingerprint density at radius 1 is 1.11 bits per heavy atom. The molecule has 2 unspecified atom stereocenters. The number of carbonyl (C=O) groups excluding carboxylic acids is 3. The van der Waals surface area contributed by atoms with Crippen molar-refractivity contribution in [2.24, 2.45) is 0 Å². The fourth-order valence-corrected chi connectivity index (χ4v) is 5.16. The molecule has 3 aliphatic rings. The van der Waals surface area contributed by atoms with Gasteiger partial charge in [0.05, 0.1) is 12.7 Å². The summed E-state index contributed by atoms with van der Waals surface area (Å²) in [5, 5.41) is 2.87. The number of fused-ring (bicyclic) bond motifs is 2. The zero-order valence-corrected chi connectivity index (χ0v) is 20.7. The summed E-state index contributed by atoms with van der Waals surface area (Å²) >= 11 is 0. The summed E-state index contributed by atoms with van der Waals surface area (Å²) in [4.78, 5) is 44.9. The van der Waals surface area contributed by atoms with Gasteiger partial charge < -0.3 is 24.6 Å². The van der Waals surface area contributed by atoms with Gasteiger partial charge in [-0.15, -0.1) is 0 Å². The van der Waals surface area contributed by atoms with Gasteiger partial charge >= 0.3 is 6.03 Å². The number of benzene rings is 2. The number of rotatable bonds is 7. The highest BCUT2D eigenvalue weighted by Gasteiger charge is 2.55. The number of hydrogen-bond acceptors (Lipinski definition) is 6. The van der Waals surface area contributed by atoms with Gasteiger partial charge in [-0.05, 0) is 36.6 Å². The zero-order chi connectivity index (χ0) is 25.3. The second kappa shape index (κ2) is 9.81. The molecule has 3 heterocycles. The molecule has 5 rings (SSSR count). The maximum absolute atomic E-state index is 13.6. The van der Waals surface area contributed by atoms with E-state index < -0.39 is 17.5 Å². The average Bonchev–Trinajstić information content (AvgIpc) is 3.47. The van der Waals surface area contributed by atoms with E-state index in [4.69, 9.17) is 9.47 Å². The molecule has 0 bridgehead atoms. The molecule has 1 N–H and O–H groups in total. The summed E-state index contributed by atoms with van der Waals surface area (Å²) in [7, 11) is 3.95. The van der Waals surface area contributed by atoms with Crippen molar-refractivity contribution in [1.29, 1.82) is 0 Å². The van der Waals surface area contributed by atoms with E-state index in [1.807, 2.05) is 55.4 Å². The summed E-state index contributed by atoms with van der Waals surface area (Å²) in [6.45, 7) is 1.45. The highest BCUT2D eigenvalue weighted by Crippen LogP contribution is 2.41. The van der Waals surface area contributed by atoms with Crippen LogP contribution in [0.1, 0.15) is 30.4 Å². The van der Waals surface area contributed by atoms with Crippen LogP contribution >= 0.6 is 0 Å². The normalized spacial score (nSPS) is 22.8. The third-order valence-corrected chi connectivity index (χ3v) is 7.18. The van der Waals surface area contributed by atoms with Crippen LogP contribution in [0.2, 0.25) is 0 Å². The Balaban J connectivity index is 1.35. The fourth-order valence-electron chi connectivity index (χ4n) is 5.16. The quantitative estimate of drug-likeness (QED) is 0.598. The molecule has 2 atom stereocenters. The number of anilines is 1. The molecule has 0 saturated carbocycles. The summed E-state index contributed by atoms with van der Waals surface area (Å²) < 4.78 is 11.5. The lowest BCUT2D eigenvalue weighted by atomic mass is 9.84. The average molecular weight is 493 g/mol. The fraction of sp³-hybridized carbons (Fsp3) is 0.444. The third-order valence-electron chi connectivity index (χ3n) is 7.18. The van der Waals surface area contributed by atoms with Crippen LogP contribution in [0.3, 0.4) is 0 Å². The molecule has 0 radical (unpaired) electrons. The number of imide groups is 1. The summed E-state index contributed by atoms with van der Waals surface area (Å²) in [6, 6.07) is 14.7. The van der Waals surface area contributed by atoms with Gasteiger partial charge in [0.1, 0.15) is 12.3 Å². The van der Waals surface area contributed by atoms with E-state index in [1.54, 1.807) is 17.0 Å². The van der Waals surface area contributed by atoms with E-state index in [2.05, 4.69) is 5.32 Å². The van der Waals surface area contributed by atoms with Crippen LogP contribution in [-0.2, 0) is 26.4 Å². The highest BCUT2D eigenvalue weighted by molar-refractivity contribution is 6.09. The Labute approximate surface area is 210 Å². The first-order valence-corrected chi connectivity index (χ1v) is 12.4. The molecule has 9 heteroatoms. The largest absolute Gasteiger partial charge is 0.493 e. The maximum Gasteiger partial charge on any atom is 0.325 e. The predicted molar refractivity (Wildman–Crippen MR) is 134 cm³/mol. The second-order valence-corrected chi connectivity index (χ2v) is 9.79. The van der Waals surface area contributed by atoms with Gasteiger partial charge in [0.25, 0.3) is 5.91 Å². The summed E-state index contributed by atoms with van der Waals surface area (Å²) in [5.74, 6) is -0.126. The van der Waals surface area contributed by atoms with Crippen LogP contribution in [0.15, 0.2) is 48.5 Å². The first-order valence-electron chi connectivity index (χ1n) is 12.4. The molecule has 36 heavy (non-hydrogen) atoms. The lowest BCUT2D eigenvalue weighted by Crippen LogP contribution is -2.48. The van der Waals surface area contributed by atoms with Crippen molar-refractivity contribution in [2.45, 2.75) is 37.5 Å². The monoisotopic (exact) mass is 492 g/mol. The molecule has 190 valence electrons. The van der Waals surface area contributed by atoms with Crippen LogP contribution in [0.5, 0.6) is 5.75 Å². The SMILES string of the molecule is CN(C)c1ccc(CN(CC2CCCO2)C(=O)CN2C(=O)NC3(CCOc4ccccc43)C2=O)cc1. The Bertz CT molecular complexity index is 1150. The van der Waals surface area contributed by atoms with Gasteiger partial charge in [0.2, 0.25) is 5.91 Å². The lowest BCUT2D eigenvalue weighted by Gasteiger charge is -2.33. The summed E-state index contributed by atoms with van der Waals surface area (Å²) in [5.41, 5.74) is 1.46. The molecule has 0 aromatic heterocycles. The molecule has 2 aromatic carbocycles. The van der Waals surface area contributed by atoms with Gasteiger partial charge in [-0.2, -0.15) is 0 Å². The van der Waals surface area contributed by atoms with E-state index in [0.717, 1.165) is 29.0 Å². The van der Waals surface area contributed by atoms with E-state index >= 15 is 0 Å². The van der Waals surface area contributed by atoms with Crippen molar-refractivity contribution < 1.29 is 23.9 Å². The van der Waals surface area contributed by atoms with E-state index in [0.29, 0.717) is 44.0 Å². The molecule has 2 saturated heterocycles. The number of nitrogens with one attached hydrogen (secondary N) is 1. The maximum atomic E-state index is 13.6. The van der Waals surface area contributed by atoms with Crippen LogP contribution in [0.25, 0.3) is 0 Å². The van der Waals surface area contributed by atoms with Crippen molar-refractivity contribution in [3.8, 4) is 5.75 Å². The highest BCUT2D eigenvalue weighted by atomic mass is 16.5. The van der Waals surface area contributed by atoms with E-state index in [1.165, 1.54) is 0 Å². The molecular weight excluding hydrogens is 460 g/mol. The van der Waals surface area contributed by atoms with Crippen LogP contribution in [-0.4, -0.2) is 74.1 Å². The van der Waals surface area contributed by atoms with Gasteiger partial charge in [-0.3, -0.25) is 14.5 Å². The Morgan fingerprint density at radius 2 is 1.89 bits per heavy atom. The van der Waals surface area contributed by atoms with Gasteiger partial charge in [0.15, 0.2) is 5.54 Å². The molecule has 0 aliphatic carbocycles. The minimum absolute atomic E-state index is 0.0492. The first kappa shape index (κ1) is 24.1. The third kappa shape index (κ3) is 4.51. The topological polar surface area (TPSA) is 91.4 Å². The first-order chi connectivity index (χ1) is 17.4. The number of para-hydroxylation sites is 1. The number of urea groups is 1. The second-order valence-electron chi connectivity index (χ2n) is 9.79. The van der Waals surface area contributed by atoms with Crippen LogP contribution in [0, 0.1) is 0 Å². The zero-order valence-electron chi connectivity index (χ0n) is 20.7. The van der Waals surface area contributed by atoms with Crippen LogP contribution in [0.4, 0.5) is 10.5 Å². The summed E-state index contributed by atoms with van der Waals surface area (Å²) in [6.07, 6.45) is 2.11. The Morgan fingerprint density at radius 3 is 2.61 bits per heavy atom. The van der Waals surface area contributed by atoms with Crippen molar-refractivity contribution >= 4 is 23.5 Å². The van der Waals surface area contributed by atoms with Gasteiger partial charge in [-0.25, -0.2) is 4.79 Å². The number of hydrogen-bond donors (Lipinski definition) is 1. The van der Waals surface area contributed by atoms with Crippen LogP contribution < -0.4 is 15.0 Å². The minimum Gasteiger partial charge on any atom is -0.493 e. The predicted octanol–water partition coefficient (Wildman–Crippen LogP) is 2.49. The molecule has 1 spiro atoms. The molecular formula is C27H32N4O5.